The molecule has 0 N–H and O–H groups in total. The number of nitrogens with zero attached hydrogens (tertiary/aromatic N) is 1. The van der Waals surface area contributed by atoms with E-state index in [2.05, 4.69) is 4.98 Å². The summed E-state index contributed by atoms with van der Waals surface area (Å²) in [5.41, 5.74) is -1.17. The van der Waals surface area contributed by atoms with Crippen molar-refractivity contribution in [3.05, 3.63) is 47.4 Å². The maximum atomic E-state index is 13.9. The minimum Gasteiger partial charge on any atom is -0.296 e. The molecule has 1 heterocycles. The van der Waals surface area contributed by atoms with Crippen LogP contribution in [0, 0.1) is 17.5 Å². The Morgan fingerprint density at radius 1 is 1.11 bits per heavy atom. The highest BCUT2D eigenvalue weighted by Gasteiger charge is 2.18. The van der Waals surface area contributed by atoms with Gasteiger partial charge in [-0.15, -0.1) is 11.8 Å². The lowest BCUT2D eigenvalue weighted by atomic mass is 10.1. The van der Waals surface area contributed by atoms with Gasteiger partial charge in [0, 0.05) is 4.90 Å². The standard InChI is InChI=1S/C13H8F3NOS/c1-19-8-4-10(15)12(11(16)5-8)13-9(14)3-2-7(6-18)17-13/h2-6H,1H3. The SMILES string of the molecule is CSc1cc(F)c(-c2nc(C=O)ccc2F)c(F)c1. The zero-order valence-electron chi connectivity index (χ0n) is 9.78. The van der Waals surface area contributed by atoms with Crippen molar-refractivity contribution in [2.75, 3.05) is 6.26 Å². The monoisotopic (exact) mass is 283 g/mol. The number of pyridine rings is 1. The summed E-state index contributed by atoms with van der Waals surface area (Å²) < 4.78 is 41.3. The van der Waals surface area contributed by atoms with Crippen LogP contribution in [0.5, 0.6) is 0 Å². The van der Waals surface area contributed by atoms with E-state index >= 15 is 0 Å². The molecule has 1 aromatic heterocycles. The molecule has 0 aliphatic rings. The first-order valence-electron chi connectivity index (χ1n) is 5.22. The Kier molecular flexibility index (Phi) is 3.90. The normalized spacial score (nSPS) is 10.5. The van der Waals surface area contributed by atoms with E-state index in [0.717, 1.165) is 36.0 Å². The number of rotatable bonds is 3. The Labute approximate surface area is 111 Å². The van der Waals surface area contributed by atoms with Gasteiger partial charge in [-0.3, -0.25) is 4.79 Å². The van der Waals surface area contributed by atoms with Crippen LogP contribution in [-0.4, -0.2) is 17.5 Å². The van der Waals surface area contributed by atoms with Crippen LogP contribution in [0.25, 0.3) is 11.3 Å². The number of thioether (sulfide) groups is 1. The lowest BCUT2D eigenvalue weighted by Crippen LogP contribution is -1.99. The number of hydrogen-bond donors (Lipinski definition) is 0. The van der Waals surface area contributed by atoms with Crippen LogP contribution in [-0.2, 0) is 0 Å². The van der Waals surface area contributed by atoms with E-state index in [1.165, 1.54) is 0 Å². The number of aldehydes is 1. The van der Waals surface area contributed by atoms with Gasteiger partial charge >= 0.3 is 0 Å². The quantitative estimate of drug-likeness (QED) is 0.635. The number of halogens is 3. The predicted octanol–water partition coefficient (Wildman–Crippen LogP) is 3.70. The minimum absolute atomic E-state index is 0.0934. The van der Waals surface area contributed by atoms with E-state index in [-0.39, 0.29) is 5.69 Å². The third-order valence-corrected chi connectivity index (χ3v) is 3.18. The van der Waals surface area contributed by atoms with Crippen molar-refractivity contribution in [3.63, 3.8) is 0 Å². The number of carbonyl (C=O) groups excluding carboxylic acids is 1. The van der Waals surface area contributed by atoms with Gasteiger partial charge < -0.3 is 0 Å². The molecule has 0 unspecified atom stereocenters. The molecule has 0 fully saturated rings. The van der Waals surface area contributed by atoms with Crippen LogP contribution in [0.15, 0.2) is 29.2 Å². The minimum atomic E-state index is -0.918. The van der Waals surface area contributed by atoms with Crippen molar-refractivity contribution < 1.29 is 18.0 Å². The smallest absolute Gasteiger partial charge is 0.168 e. The van der Waals surface area contributed by atoms with Crippen molar-refractivity contribution in [2.45, 2.75) is 4.90 Å². The van der Waals surface area contributed by atoms with Crippen LogP contribution in [0.1, 0.15) is 10.5 Å². The van der Waals surface area contributed by atoms with Crippen molar-refractivity contribution in [1.82, 2.24) is 4.98 Å². The van der Waals surface area contributed by atoms with Crippen molar-refractivity contribution in [3.8, 4) is 11.3 Å². The average molecular weight is 283 g/mol. The third-order valence-electron chi connectivity index (χ3n) is 2.48. The van der Waals surface area contributed by atoms with E-state index in [1.807, 2.05) is 0 Å². The first kappa shape index (κ1) is 13.6. The van der Waals surface area contributed by atoms with Crippen LogP contribution in [0.4, 0.5) is 13.2 Å². The lowest BCUT2D eigenvalue weighted by Gasteiger charge is -2.08. The van der Waals surface area contributed by atoms with Gasteiger partial charge in [0.05, 0.1) is 5.56 Å². The zero-order valence-corrected chi connectivity index (χ0v) is 10.6. The number of benzene rings is 1. The second-order valence-corrected chi connectivity index (χ2v) is 4.53. The Hall–Kier alpha value is -1.82. The van der Waals surface area contributed by atoms with Gasteiger partial charge in [-0.1, -0.05) is 0 Å². The lowest BCUT2D eigenvalue weighted by molar-refractivity contribution is 0.111. The molecule has 0 aliphatic carbocycles. The van der Waals surface area contributed by atoms with Crippen LogP contribution < -0.4 is 0 Å². The van der Waals surface area contributed by atoms with Gasteiger partial charge in [-0.2, -0.15) is 0 Å². The maximum absolute atomic E-state index is 13.9. The van der Waals surface area contributed by atoms with E-state index in [1.54, 1.807) is 6.26 Å². The van der Waals surface area contributed by atoms with Gasteiger partial charge in [-0.25, -0.2) is 18.2 Å². The number of carbonyl (C=O) groups is 1. The molecule has 1 aromatic carbocycles. The molecule has 0 saturated heterocycles. The summed E-state index contributed by atoms with van der Waals surface area (Å²) in [5, 5.41) is 0. The summed E-state index contributed by atoms with van der Waals surface area (Å²) in [4.78, 5) is 14.6. The summed E-state index contributed by atoms with van der Waals surface area (Å²) >= 11 is 1.16. The first-order chi connectivity index (χ1) is 9.06. The molecule has 98 valence electrons. The molecule has 19 heavy (non-hydrogen) atoms. The number of aromatic nitrogens is 1. The molecule has 0 bridgehead atoms. The van der Waals surface area contributed by atoms with Crippen molar-refractivity contribution in [1.29, 1.82) is 0 Å². The second-order valence-electron chi connectivity index (χ2n) is 3.65. The zero-order chi connectivity index (χ0) is 14.0. The summed E-state index contributed by atoms with van der Waals surface area (Å²) in [6.45, 7) is 0. The fourth-order valence-electron chi connectivity index (χ4n) is 1.59. The molecule has 0 atom stereocenters. The third kappa shape index (κ3) is 2.63. The van der Waals surface area contributed by atoms with E-state index < -0.39 is 28.7 Å². The van der Waals surface area contributed by atoms with Gasteiger partial charge in [-0.05, 0) is 30.5 Å². The van der Waals surface area contributed by atoms with Crippen molar-refractivity contribution in [2.24, 2.45) is 0 Å². The highest BCUT2D eigenvalue weighted by molar-refractivity contribution is 7.98. The molecular formula is C13H8F3NOS. The van der Waals surface area contributed by atoms with Crippen LogP contribution in [0.2, 0.25) is 0 Å². The van der Waals surface area contributed by atoms with E-state index in [4.69, 9.17) is 0 Å². The molecule has 0 radical (unpaired) electrons. The summed E-state index contributed by atoms with van der Waals surface area (Å²) in [6, 6.07) is 4.28. The second kappa shape index (κ2) is 5.44. The van der Waals surface area contributed by atoms with Gasteiger partial charge in [0.1, 0.15) is 28.8 Å². The van der Waals surface area contributed by atoms with Crippen molar-refractivity contribution >= 4 is 18.0 Å². The fraction of sp³-hybridized carbons (Fsp3) is 0.0769. The molecule has 0 spiro atoms. The Balaban J connectivity index is 2.68. The highest BCUT2D eigenvalue weighted by Crippen LogP contribution is 2.30. The average Bonchev–Trinajstić information content (AvgIpc) is 2.39. The summed E-state index contributed by atoms with van der Waals surface area (Å²) in [5.74, 6) is -2.72. The fourth-order valence-corrected chi connectivity index (χ4v) is 2.03. The molecule has 6 heteroatoms. The number of hydrogen-bond acceptors (Lipinski definition) is 3. The molecule has 2 rings (SSSR count). The largest absolute Gasteiger partial charge is 0.296 e. The predicted molar refractivity (Wildman–Crippen MR) is 66.7 cm³/mol. The van der Waals surface area contributed by atoms with Crippen LogP contribution in [0.3, 0.4) is 0 Å². The maximum Gasteiger partial charge on any atom is 0.168 e. The van der Waals surface area contributed by atoms with Gasteiger partial charge in [0.15, 0.2) is 6.29 Å². The Morgan fingerprint density at radius 2 is 1.74 bits per heavy atom. The molecule has 2 nitrogen and oxygen atoms in total. The Bertz CT molecular complexity index is 623. The van der Waals surface area contributed by atoms with Gasteiger partial charge in [0.25, 0.3) is 0 Å². The summed E-state index contributed by atoms with van der Waals surface area (Å²) in [7, 11) is 0. The topological polar surface area (TPSA) is 30.0 Å². The summed E-state index contributed by atoms with van der Waals surface area (Å²) in [6.07, 6.45) is 2.05. The first-order valence-corrected chi connectivity index (χ1v) is 6.44. The molecule has 0 saturated carbocycles. The molecule has 0 aliphatic heterocycles. The van der Waals surface area contributed by atoms with E-state index in [0.29, 0.717) is 11.2 Å². The van der Waals surface area contributed by atoms with Gasteiger partial charge in [0.2, 0.25) is 0 Å². The Morgan fingerprint density at radius 3 is 2.26 bits per heavy atom. The molecular weight excluding hydrogens is 275 g/mol. The van der Waals surface area contributed by atoms with E-state index in [9.17, 15) is 18.0 Å². The molecule has 2 aromatic rings. The molecule has 0 amide bonds. The van der Waals surface area contributed by atoms with Crippen LogP contribution >= 0.6 is 11.8 Å². The highest BCUT2D eigenvalue weighted by atomic mass is 32.2.